The van der Waals surface area contributed by atoms with Crippen molar-refractivity contribution < 1.29 is 9.53 Å². The zero-order valence-electron chi connectivity index (χ0n) is 15.6. The van der Waals surface area contributed by atoms with E-state index in [1.54, 1.807) is 11.1 Å². The van der Waals surface area contributed by atoms with Crippen LogP contribution < -0.4 is 16.4 Å². The second-order valence-electron chi connectivity index (χ2n) is 7.34. The van der Waals surface area contributed by atoms with E-state index in [9.17, 15) is 4.79 Å². The van der Waals surface area contributed by atoms with Gasteiger partial charge in [-0.25, -0.2) is 9.78 Å². The fourth-order valence-electron chi connectivity index (χ4n) is 2.95. The largest absolute Gasteiger partial charge is 0.453 e. The Labute approximate surface area is 149 Å². The second kappa shape index (κ2) is 8.22. The molecular formula is C17H30N6O2. The Morgan fingerprint density at radius 3 is 2.68 bits per heavy atom. The molecule has 0 saturated heterocycles. The first-order valence-electron chi connectivity index (χ1n) is 8.80. The van der Waals surface area contributed by atoms with Crippen LogP contribution in [-0.4, -0.2) is 52.7 Å². The third-order valence-electron chi connectivity index (χ3n) is 4.34. The molecule has 1 fully saturated rings. The van der Waals surface area contributed by atoms with Crippen molar-refractivity contribution in [2.45, 2.75) is 58.0 Å². The zero-order valence-corrected chi connectivity index (χ0v) is 15.6. The summed E-state index contributed by atoms with van der Waals surface area (Å²) in [5.74, 6) is 1.17. The van der Waals surface area contributed by atoms with E-state index in [1.807, 2.05) is 20.8 Å². The Balaban J connectivity index is 1.95. The highest BCUT2D eigenvalue weighted by atomic mass is 16.5. The molecule has 0 aromatic carbocycles. The molecule has 2 rings (SSSR count). The molecular weight excluding hydrogens is 320 g/mol. The van der Waals surface area contributed by atoms with Crippen LogP contribution in [0.3, 0.4) is 0 Å². The van der Waals surface area contributed by atoms with Gasteiger partial charge < -0.3 is 26.0 Å². The molecule has 0 radical (unpaired) electrons. The highest BCUT2D eigenvalue weighted by Gasteiger charge is 2.26. The summed E-state index contributed by atoms with van der Waals surface area (Å²) in [6.45, 7) is 6.88. The highest BCUT2D eigenvalue weighted by molar-refractivity contribution is 5.68. The molecule has 0 aliphatic heterocycles. The topological polar surface area (TPSA) is 105 Å². The highest BCUT2D eigenvalue weighted by Crippen LogP contribution is 2.22. The van der Waals surface area contributed by atoms with E-state index < -0.39 is 0 Å². The maximum atomic E-state index is 11.9. The van der Waals surface area contributed by atoms with Gasteiger partial charge in [0.2, 0.25) is 5.95 Å². The summed E-state index contributed by atoms with van der Waals surface area (Å²) in [4.78, 5) is 22.3. The van der Waals surface area contributed by atoms with Gasteiger partial charge in [-0.1, -0.05) is 12.8 Å². The molecule has 140 valence electrons. The molecule has 0 bridgehead atoms. The molecule has 1 aliphatic carbocycles. The fraction of sp³-hybridized carbons (Fsp3) is 0.706. The van der Waals surface area contributed by atoms with Crippen LogP contribution in [0.15, 0.2) is 6.20 Å². The molecule has 1 aliphatic rings. The second-order valence-corrected chi connectivity index (χ2v) is 7.34. The zero-order chi connectivity index (χ0) is 18.4. The number of nitrogens with zero attached hydrogens (tertiary/aromatic N) is 3. The number of nitrogens with two attached hydrogens (primary N) is 1. The first-order chi connectivity index (χ1) is 11.8. The number of anilines is 3. The lowest BCUT2D eigenvalue weighted by molar-refractivity contribution is 0.0862. The number of hydrogen-bond acceptors (Lipinski definition) is 7. The van der Waals surface area contributed by atoms with E-state index in [1.165, 1.54) is 20.0 Å². The predicted molar refractivity (Wildman–Crippen MR) is 99.7 cm³/mol. The van der Waals surface area contributed by atoms with Gasteiger partial charge in [0.25, 0.3) is 0 Å². The summed E-state index contributed by atoms with van der Waals surface area (Å²) in [5.41, 5.74) is 6.12. The van der Waals surface area contributed by atoms with Crippen molar-refractivity contribution in [1.29, 1.82) is 0 Å². The summed E-state index contributed by atoms with van der Waals surface area (Å²) < 4.78 is 4.86. The quantitative estimate of drug-likeness (QED) is 0.724. The maximum absolute atomic E-state index is 11.9. The van der Waals surface area contributed by atoms with Gasteiger partial charge in [0, 0.05) is 24.7 Å². The van der Waals surface area contributed by atoms with Gasteiger partial charge in [-0.15, -0.1) is 0 Å². The van der Waals surface area contributed by atoms with Gasteiger partial charge in [-0.2, -0.15) is 4.98 Å². The number of rotatable bonds is 6. The van der Waals surface area contributed by atoms with Crippen molar-refractivity contribution in [3.05, 3.63) is 6.20 Å². The van der Waals surface area contributed by atoms with Crippen molar-refractivity contribution >= 4 is 23.5 Å². The van der Waals surface area contributed by atoms with Gasteiger partial charge in [-0.05, 0) is 33.6 Å². The van der Waals surface area contributed by atoms with Crippen LogP contribution in [0, 0.1) is 0 Å². The molecule has 1 heterocycles. The minimum absolute atomic E-state index is 0.332. The Morgan fingerprint density at radius 1 is 1.40 bits per heavy atom. The van der Waals surface area contributed by atoms with E-state index in [0.717, 1.165) is 12.8 Å². The molecule has 4 N–H and O–H groups in total. The van der Waals surface area contributed by atoms with E-state index in [4.69, 9.17) is 10.5 Å². The summed E-state index contributed by atoms with van der Waals surface area (Å²) in [6.07, 6.45) is 6.04. The Morgan fingerprint density at radius 2 is 2.08 bits per heavy atom. The molecule has 1 amide bonds. The van der Waals surface area contributed by atoms with Crippen molar-refractivity contribution in [3.8, 4) is 0 Å². The van der Waals surface area contributed by atoms with E-state index in [-0.39, 0.29) is 11.6 Å². The van der Waals surface area contributed by atoms with Crippen LogP contribution >= 0.6 is 0 Å². The minimum Gasteiger partial charge on any atom is -0.453 e. The molecule has 1 aromatic heterocycles. The average Bonchev–Trinajstić information content (AvgIpc) is 3.05. The molecule has 0 unspecified atom stereocenters. The SMILES string of the molecule is COC(=O)N(CCNc1nc(NC2CCCC2)ncc1N)C(C)(C)C. The van der Waals surface area contributed by atoms with Crippen LogP contribution in [0.4, 0.5) is 22.2 Å². The first kappa shape index (κ1) is 19.1. The fourth-order valence-corrected chi connectivity index (χ4v) is 2.95. The van der Waals surface area contributed by atoms with E-state index >= 15 is 0 Å². The van der Waals surface area contributed by atoms with Crippen LogP contribution in [0.1, 0.15) is 46.5 Å². The van der Waals surface area contributed by atoms with Gasteiger partial charge in [-0.3, -0.25) is 0 Å². The van der Waals surface area contributed by atoms with E-state index in [0.29, 0.717) is 36.6 Å². The number of methoxy groups -OCH3 is 1. The number of carbonyl (C=O) groups is 1. The average molecular weight is 350 g/mol. The summed E-state index contributed by atoms with van der Waals surface area (Å²) in [5, 5.41) is 6.55. The minimum atomic E-state index is -0.353. The van der Waals surface area contributed by atoms with E-state index in [2.05, 4.69) is 20.6 Å². The summed E-state index contributed by atoms with van der Waals surface area (Å²) in [6, 6.07) is 0.437. The number of ether oxygens (including phenoxy) is 1. The van der Waals surface area contributed by atoms with Crippen molar-refractivity contribution in [2.75, 3.05) is 36.6 Å². The van der Waals surface area contributed by atoms with Gasteiger partial charge in [0.1, 0.15) is 0 Å². The molecule has 25 heavy (non-hydrogen) atoms. The summed E-state index contributed by atoms with van der Waals surface area (Å²) in [7, 11) is 1.39. The number of carbonyl (C=O) groups excluding carboxylic acids is 1. The molecule has 0 atom stereocenters. The normalized spacial score (nSPS) is 15.0. The van der Waals surface area contributed by atoms with Crippen LogP contribution in [0.2, 0.25) is 0 Å². The lowest BCUT2D eigenvalue weighted by Crippen LogP contribution is -2.47. The van der Waals surface area contributed by atoms with Gasteiger partial charge >= 0.3 is 6.09 Å². The Hall–Kier alpha value is -2.25. The monoisotopic (exact) mass is 350 g/mol. The van der Waals surface area contributed by atoms with Crippen molar-refractivity contribution in [2.24, 2.45) is 0 Å². The molecule has 8 nitrogen and oxygen atoms in total. The third-order valence-corrected chi connectivity index (χ3v) is 4.34. The number of nitrogen functional groups attached to an aromatic ring is 1. The van der Waals surface area contributed by atoms with Crippen molar-refractivity contribution in [3.63, 3.8) is 0 Å². The summed E-state index contributed by atoms with van der Waals surface area (Å²) >= 11 is 0. The van der Waals surface area contributed by atoms with Crippen LogP contribution in [-0.2, 0) is 4.74 Å². The smallest absolute Gasteiger partial charge is 0.409 e. The Kier molecular flexibility index (Phi) is 6.27. The molecule has 1 aromatic rings. The van der Waals surface area contributed by atoms with Gasteiger partial charge in [0.15, 0.2) is 5.82 Å². The molecule has 0 spiro atoms. The lowest BCUT2D eigenvalue weighted by Gasteiger charge is -2.34. The van der Waals surface area contributed by atoms with Crippen molar-refractivity contribution in [1.82, 2.24) is 14.9 Å². The Bertz CT molecular complexity index is 581. The maximum Gasteiger partial charge on any atom is 0.409 e. The standard InChI is InChI=1S/C17H30N6O2/c1-17(2,3)23(16(24)25-4)10-9-19-14-13(18)11-20-15(22-14)21-12-7-5-6-8-12/h11-12H,5-10,18H2,1-4H3,(H2,19,20,21,22). The number of nitrogens with one attached hydrogen (secondary N) is 2. The number of amides is 1. The van der Waals surface area contributed by atoms with Crippen LogP contribution in [0.5, 0.6) is 0 Å². The molecule has 8 heteroatoms. The molecule has 1 saturated carbocycles. The number of hydrogen-bond donors (Lipinski definition) is 3. The predicted octanol–water partition coefficient (Wildman–Crippen LogP) is 2.69. The number of aromatic nitrogens is 2. The lowest BCUT2D eigenvalue weighted by atomic mass is 10.1. The van der Waals surface area contributed by atoms with Crippen LogP contribution in [0.25, 0.3) is 0 Å². The first-order valence-corrected chi connectivity index (χ1v) is 8.80. The van der Waals surface area contributed by atoms with Gasteiger partial charge in [0.05, 0.1) is 19.0 Å². The third kappa shape index (κ3) is 5.37.